The summed E-state index contributed by atoms with van der Waals surface area (Å²) in [6.45, 7) is 4.20. The summed E-state index contributed by atoms with van der Waals surface area (Å²) in [7, 11) is -3.60. The maximum absolute atomic E-state index is 12.0. The third-order valence-corrected chi connectivity index (χ3v) is 4.46. The van der Waals surface area contributed by atoms with E-state index in [1.807, 2.05) is 0 Å². The van der Waals surface area contributed by atoms with Gasteiger partial charge in [-0.15, -0.1) is 6.58 Å². The summed E-state index contributed by atoms with van der Waals surface area (Å²) in [5.74, 6) is -0.899. The number of rotatable bonds is 6. The number of benzene rings is 1. The molecule has 0 saturated carbocycles. The standard InChI is InChI=1S/C15H19N3O4S/c1-2-7-17-15(20)12-3-5-13(6-4-12)18-9-11(8-14(18)19)10-23(16,21)22/h2-6,11H,1,7-10H2,(H,17,20)(H2,16,21,22). The summed E-state index contributed by atoms with van der Waals surface area (Å²) in [4.78, 5) is 25.3. The van der Waals surface area contributed by atoms with E-state index < -0.39 is 10.0 Å². The fourth-order valence-electron chi connectivity index (χ4n) is 2.53. The average molecular weight is 337 g/mol. The molecule has 1 aromatic carbocycles. The minimum absolute atomic E-state index is 0.150. The highest BCUT2D eigenvalue weighted by molar-refractivity contribution is 7.89. The first-order valence-electron chi connectivity index (χ1n) is 7.10. The van der Waals surface area contributed by atoms with Gasteiger partial charge in [-0.2, -0.15) is 0 Å². The van der Waals surface area contributed by atoms with Crippen LogP contribution < -0.4 is 15.4 Å². The molecule has 1 atom stereocenters. The van der Waals surface area contributed by atoms with Crippen molar-refractivity contribution in [3.05, 3.63) is 42.5 Å². The van der Waals surface area contributed by atoms with Gasteiger partial charge in [0.2, 0.25) is 15.9 Å². The van der Waals surface area contributed by atoms with Gasteiger partial charge in [0.25, 0.3) is 5.91 Å². The fraction of sp³-hybridized carbons (Fsp3) is 0.333. The van der Waals surface area contributed by atoms with Gasteiger partial charge >= 0.3 is 0 Å². The van der Waals surface area contributed by atoms with Crippen LogP contribution in [0, 0.1) is 5.92 Å². The number of carbonyl (C=O) groups excluding carboxylic acids is 2. The SMILES string of the molecule is C=CCNC(=O)c1ccc(N2CC(CS(N)(=O)=O)CC2=O)cc1. The molecule has 0 radical (unpaired) electrons. The first-order valence-corrected chi connectivity index (χ1v) is 8.81. The third kappa shape index (κ3) is 4.64. The van der Waals surface area contributed by atoms with Crippen LogP contribution in [-0.2, 0) is 14.8 Å². The average Bonchev–Trinajstić information content (AvgIpc) is 2.83. The van der Waals surface area contributed by atoms with Crippen LogP contribution in [0.4, 0.5) is 5.69 Å². The highest BCUT2D eigenvalue weighted by Gasteiger charge is 2.32. The topological polar surface area (TPSA) is 110 Å². The predicted octanol–water partition coefficient (Wildman–Crippen LogP) is 0.244. The number of anilines is 1. The van der Waals surface area contributed by atoms with E-state index in [1.165, 1.54) is 4.90 Å². The Kier molecular flexibility index (Phi) is 5.17. The van der Waals surface area contributed by atoms with Gasteiger partial charge in [-0.3, -0.25) is 9.59 Å². The maximum atomic E-state index is 12.0. The lowest BCUT2D eigenvalue weighted by molar-refractivity contribution is -0.117. The molecule has 0 aromatic heterocycles. The molecule has 1 aliphatic rings. The van der Waals surface area contributed by atoms with Crippen molar-refractivity contribution < 1.29 is 18.0 Å². The molecule has 7 nitrogen and oxygen atoms in total. The Morgan fingerprint density at radius 3 is 2.61 bits per heavy atom. The molecule has 124 valence electrons. The Balaban J connectivity index is 2.06. The lowest BCUT2D eigenvalue weighted by Crippen LogP contribution is -2.27. The first-order chi connectivity index (χ1) is 10.8. The summed E-state index contributed by atoms with van der Waals surface area (Å²) in [6.07, 6.45) is 1.73. The van der Waals surface area contributed by atoms with Gasteiger partial charge in [-0.25, -0.2) is 13.6 Å². The highest BCUT2D eigenvalue weighted by atomic mass is 32.2. The molecular weight excluding hydrogens is 318 g/mol. The Hall–Kier alpha value is -2.19. The van der Waals surface area contributed by atoms with E-state index in [0.29, 0.717) is 24.3 Å². The van der Waals surface area contributed by atoms with Gasteiger partial charge in [0.1, 0.15) is 0 Å². The molecular formula is C15H19N3O4S. The summed E-state index contributed by atoms with van der Waals surface area (Å²) < 4.78 is 22.3. The van der Waals surface area contributed by atoms with Gasteiger partial charge in [0, 0.05) is 36.7 Å². The summed E-state index contributed by atoms with van der Waals surface area (Å²) in [6, 6.07) is 6.57. The largest absolute Gasteiger partial charge is 0.349 e. The van der Waals surface area contributed by atoms with Gasteiger partial charge in [-0.1, -0.05) is 6.08 Å². The summed E-state index contributed by atoms with van der Waals surface area (Å²) in [5.41, 5.74) is 1.11. The minimum atomic E-state index is -3.60. The summed E-state index contributed by atoms with van der Waals surface area (Å²) >= 11 is 0. The Labute approximate surface area is 135 Å². The number of amides is 2. The zero-order chi connectivity index (χ0) is 17.0. The van der Waals surface area contributed by atoms with Crippen LogP contribution in [-0.4, -0.2) is 39.1 Å². The summed E-state index contributed by atoms with van der Waals surface area (Å²) in [5, 5.41) is 7.69. The van der Waals surface area contributed by atoms with Crippen molar-refractivity contribution in [2.24, 2.45) is 11.1 Å². The number of nitrogens with zero attached hydrogens (tertiary/aromatic N) is 1. The van der Waals surface area contributed by atoms with E-state index in [0.717, 1.165) is 0 Å². The van der Waals surface area contributed by atoms with E-state index in [2.05, 4.69) is 11.9 Å². The molecule has 0 bridgehead atoms. The van der Waals surface area contributed by atoms with Crippen molar-refractivity contribution in [3.63, 3.8) is 0 Å². The van der Waals surface area contributed by atoms with E-state index in [-0.39, 0.29) is 29.9 Å². The van der Waals surface area contributed by atoms with Crippen LogP contribution >= 0.6 is 0 Å². The number of hydrogen-bond donors (Lipinski definition) is 2. The van der Waals surface area contributed by atoms with Crippen LogP contribution in [0.3, 0.4) is 0 Å². The second-order valence-corrected chi connectivity index (χ2v) is 7.11. The van der Waals surface area contributed by atoms with Crippen LogP contribution in [0.2, 0.25) is 0 Å². The zero-order valence-electron chi connectivity index (χ0n) is 12.6. The van der Waals surface area contributed by atoms with E-state index in [4.69, 9.17) is 5.14 Å². The van der Waals surface area contributed by atoms with E-state index in [9.17, 15) is 18.0 Å². The van der Waals surface area contributed by atoms with Crippen molar-refractivity contribution in [1.29, 1.82) is 0 Å². The van der Waals surface area contributed by atoms with Gasteiger partial charge in [0.05, 0.1) is 5.75 Å². The first kappa shape index (κ1) is 17.2. The second-order valence-electron chi connectivity index (χ2n) is 5.45. The molecule has 3 N–H and O–H groups in total. The molecule has 2 rings (SSSR count). The second kappa shape index (κ2) is 6.93. The van der Waals surface area contributed by atoms with Crippen LogP contribution in [0.25, 0.3) is 0 Å². The molecule has 8 heteroatoms. The Morgan fingerprint density at radius 2 is 2.04 bits per heavy atom. The van der Waals surface area contributed by atoms with Gasteiger partial charge < -0.3 is 10.2 Å². The Morgan fingerprint density at radius 1 is 1.39 bits per heavy atom. The lowest BCUT2D eigenvalue weighted by atomic mass is 10.1. The monoisotopic (exact) mass is 337 g/mol. The molecule has 1 saturated heterocycles. The van der Waals surface area contributed by atoms with Crippen molar-refractivity contribution in [3.8, 4) is 0 Å². The van der Waals surface area contributed by atoms with Crippen molar-refractivity contribution in [1.82, 2.24) is 5.32 Å². The van der Waals surface area contributed by atoms with Crippen molar-refractivity contribution in [2.75, 3.05) is 23.7 Å². The number of nitrogens with one attached hydrogen (secondary N) is 1. The van der Waals surface area contributed by atoms with E-state index >= 15 is 0 Å². The number of nitrogens with two attached hydrogens (primary N) is 1. The smallest absolute Gasteiger partial charge is 0.251 e. The van der Waals surface area contributed by atoms with Crippen LogP contribution in [0.5, 0.6) is 0 Å². The molecule has 1 aliphatic heterocycles. The molecule has 1 heterocycles. The van der Waals surface area contributed by atoms with Crippen LogP contribution in [0.1, 0.15) is 16.8 Å². The molecule has 0 aliphatic carbocycles. The zero-order valence-corrected chi connectivity index (χ0v) is 13.4. The molecule has 1 aromatic rings. The van der Waals surface area contributed by atoms with Crippen molar-refractivity contribution in [2.45, 2.75) is 6.42 Å². The van der Waals surface area contributed by atoms with Crippen molar-refractivity contribution >= 4 is 27.5 Å². The quantitative estimate of drug-likeness (QED) is 0.725. The molecule has 1 fully saturated rings. The minimum Gasteiger partial charge on any atom is -0.349 e. The number of primary sulfonamides is 1. The number of sulfonamides is 1. The van der Waals surface area contributed by atoms with E-state index in [1.54, 1.807) is 30.3 Å². The molecule has 1 unspecified atom stereocenters. The molecule has 23 heavy (non-hydrogen) atoms. The molecule has 0 spiro atoms. The number of hydrogen-bond acceptors (Lipinski definition) is 4. The normalized spacial score (nSPS) is 18.0. The number of carbonyl (C=O) groups is 2. The maximum Gasteiger partial charge on any atom is 0.251 e. The third-order valence-electron chi connectivity index (χ3n) is 3.52. The molecule has 2 amide bonds. The fourth-order valence-corrected chi connectivity index (χ4v) is 3.41. The van der Waals surface area contributed by atoms with Gasteiger partial charge in [0.15, 0.2) is 0 Å². The lowest BCUT2D eigenvalue weighted by Gasteiger charge is -2.17. The predicted molar refractivity (Wildman–Crippen MR) is 87.4 cm³/mol. The highest BCUT2D eigenvalue weighted by Crippen LogP contribution is 2.26. The van der Waals surface area contributed by atoms with Crippen LogP contribution in [0.15, 0.2) is 36.9 Å². The Bertz CT molecular complexity index is 713. The van der Waals surface area contributed by atoms with Gasteiger partial charge in [-0.05, 0) is 24.3 Å².